The predicted octanol–water partition coefficient (Wildman–Crippen LogP) is 3.12. The second-order valence-corrected chi connectivity index (χ2v) is 7.65. The Bertz CT molecular complexity index is 772. The third-order valence-electron chi connectivity index (χ3n) is 4.08. The molecule has 26 heavy (non-hydrogen) atoms. The summed E-state index contributed by atoms with van der Waals surface area (Å²) in [6.45, 7) is 8.74. The SMILES string of the molecule is C=CCn1c(S[C@@H](C)C(=O)N2CCOCC2)nnc1-c1ccc(Cl)cc1. The van der Waals surface area contributed by atoms with Gasteiger partial charge in [-0.15, -0.1) is 16.8 Å². The highest BCUT2D eigenvalue weighted by molar-refractivity contribution is 8.00. The first-order chi connectivity index (χ1) is 12.6. The largest absolute Gasteiger partial charge is 0.378 e. The molecule has 0 saturated carbocycles. The number of thioether (sulfide) groups is 1. The number of aromatic nitrogens is 3. The Morgan fingerprint density at radius 2 is 2.04 bits per heavy atom. The molecule has 1 aliphatic heterocycles. The second kappa shape index (κ2) is 8.70. The van der Waals surface area contributed by atoms with Crippen molar-refractivity contribution < 1.29 is 9.53 Å². The van der Waals surface area contributed by atoms with E-state index >= 15 is 0 Å². The van der Waals surface area contributed by atoms with Crippen LogP contribution in [0.4, 0.5) is 0 Å². The Kier molecular flexibility index (Phi) is 6.34. The van der Waals surface area contributed by atoms with Crippen molar-refractivity contribution in [1.29, 1.82) is 0 Å². The third-order valence-corrected chi connectivity index (χ3v) is 5.40. The number of amides is 1. The Labute approximate surface area is 162 Å². The zero-order valence-electron chi connectivity index (χ0n) is 14.6. The van der Waals surface area contributed by atoms with E-state index in [0.29, 0.717) is 43.0 Å². The molecule has 1 saturated heterocycles. The summed E-state index contributed by atoms with van der Waals surface area (Å²) < 4.78 is 7.27. The molecule has 8 heteroatoms. The van der Waals surface area contributed by atoms with Crippen LogP contribution in [0, 0.1) is 0 Å². The summed E-state index contributed by atoms with van der Waals surface area (Å²) in [7, 11) is 0. The molecule has 1 fully saturated rings. The Morgan fingerprint density at radius 3 is 2.69 bits per heavy atom. The summed E-state index contributed by atoms with van der Waals surface area (Å²) in [5, 5.41) is 9.73. The van der Waals surface area contributed by atoms with Gasteiger partial charge in [0.1, 0.15) is 0 Å². The molecule has 0 spiro atoms. The summed E-state index contributed by atoms with van der Waals surface area (Å²) in [5.41, 5.74) is 0.919. The van der Waals surface area contributed by atoms with Crippen LogP contribution in [-0.2, 0) is 16.1 Å². The van der Waals surface area contributed by atoms with Gasteiger partial charge in [-0.2, -0.15) is 0 Å². The molecule has 1 aromatic carbocycles. The molecule has 1 atom stereocenters. The maximum Gasteiger partial charge on any atom is 0.236 e. The molecule has 3 rings (SSSR count). The highest BCUT2D eigenvalue weighted by Gasteiger charge is 2.25. The van der Waals surface area contributed by atoms with Gasteiger partial charge in [0.2, 0.25) is 5.91 Å². The molecule has 1 amide bonds. The molecule has 2 aromatic rings. The zero-order valence-corrected chi connectivity index (χ0v) is 16.2. The first-order valence-corrected chi connectivity index (χ1v) is 9.69. The second-order valence-electron chi connectivity index (χ2n) is 5.91. The van der Waals surface area contributed by atoms with Gasteiger partial charge in [-0.3, -0.25) is 9.36 Å². The molecule has 0 bridgehead atoms. The number of allylic oxidation sites excluding steroid dienone is 1. The van der Waals surface area contributed by atoms with E-state index in [4.69, 9.17) is 16.3 Å². The smallest absolute Gasteiger partial charge is 0.236 e. The lowest BCUT2D eigenvalue weighted by molar-refractivity contribution is -0.134. The van der Waals surface area contributed by atoms with Gasteiger partial charge in [-0.1, -0.05) is 29.4 Å². The summed E-state index contributed by atoms with van der Waals surface area (Å²) in [6, 6.07) is 7.45. The molecule has 0 unspecified atom stereocenters. The molecule has 0 N–H and O–H groups in total. The van der Waals surface area contributed by atoms with Crippen LogP contribution in [0.25, 0.3) is 11.4 Å². The molecule has 6 nitrogen and oxygen atoms in total. The third kappa shape index (κ3) is 4.28. The summed E-state index contributed by atoms with van der Waals surface area (Å²) in [5.74, 6) is 0.828. The fourth-order valence-electron chi connectivity index (χ4n) is 2.73. The van der Waals surface area contributed by atoms with Gasteiger partial charge in [-0.05, 0) is 31.2 Å². The average Bonchev–Trinajstić information content (AvgIpc) is 3.05. The quantitative estimate of drug-likeness (QED) is 0.558. The van der Waals surface area contributed by atoms with Crippen LogP contribution in [0.1, 0.15) is 6.92 Å². The van der Waals surface area contributed by atoms with Gasteiger partial charge in [0.15, 0.2) is 11.0 Å². The normalized spacial score (nSPS) is 15.7. The van der Waals surface area contributed by atoms with Crippen LogP contribution in [-0.4, -0.2) is 57.1 Å². The van der Waals surface area contributed by atoms with Crippen molar-refractivity contribution in [3.8, 4) is 11.4 Å². The number of nitrogens with zero attached hydrogens (tertiary/aromatic N) is 4. The first-order valence-electron chi connectivity index (χ1n) is 8.43. The standard InChI is InChI=1S/C18H21ClN4O2S/c1-3-8-23-16(14-4-6-15(19)7-5-14)20-21-18(23)26-13(2)17(24)22-9-11-25-12-10-22/h3-7,13H,1,8-12H2,2H3/t13-/m0/s1. The van der Waals surface area contributed by atoms with Crippen molar-refractivity contribution in [1.82, 2.24) is 19.7 Å². The Balaban J connectivity index is 1.79. The number of rotatable bonds is 6. The van der Waals surface area contributed by atoms with Crippen molar-refractivity contribution in [2.75, 3.05) is 26.3 Å². The van der Waals surface area contributed by atoms with Gasteiger partial charge in [0, 0.05) is 30.2 Å². The number of benzene rings is 1. The Hall–Kier alpha value is -1.83. The Morgan fingerprint density at radius 1 is 1.35 bits per heavy atom. The van der Waals surface area contributed by atoms with Crippen molar-refractivity contribution in [2.45, 2.75) is 23.9 Å². The molecular formula is C18H21ClN4O2S. The summed E-state index contributed by atoms with van der Waals surface area (Å²) in [4.78, 5) is 14.5. The van der Waals surface area contributed by atoms with Crippen LogP contribution in [0.5, 0.6) is 0 Å². The number of halogens is 1. The maximum atomic E-state index is 12.6. The minimum Gasteiger partial charge on any atom is -0.378 e. The van der Waals surface area contributed by atoms with Crippen molar-refractivity contribution in [2.24, 2.45) is 0 Å². The summed E-state index contributed by atoms with van der Waals surface area (Å²) in [6.07, 6.45) is 1.79. The predicted molar refractivity (Wildman–Crippen MR) is 103 cm³/mol. The van der Waals surface area contributed by atoms with Crippen molar-refractivity contribution in [3.63, 3.8) is 0 Å². The fraction of sp³-hybridized carbons (Fsp3) is 0.389. The van der Waals surface area contributed by atoms with Crippen LogP contribution in [0.15, 0.2) is 42.1 Å². The number of morpholine rings is 1. The lowest BCUT2D eigenvalue weighted by Gasteiger charge is -2.28. The molecule has 2 heterocycles. The van der Waals surface area contributed by atoms with E-state index in [0.717, 1.165) is 11.4 Å². The maximum absolute atomic E-state index is 12.6. The van der Waals surface area contributed by atoms with Crippen LogP contribution in [0.2, 0.25) is 5.02 Å². The average molecular weight is 393 g/mol. The van der Waals surface area contributed by atoms with E-state index in [2.05, 4.69) is 16.8 Å². The molecule has 1 aromatic heterocycles. The topological polar surface area (TPSA) is 60.2 Å². The van der Waals surface area contributed by atoms with Crippen LogP contribution >= 0.6 is 23.4 Å². The van der Waals surface area contributed by atoms with E-state index in [1.54, 1.807) is 6.08 Å². The number of hydrogen-bond donors (Lipinski definition) is 0. The van der Waals surface area contributed by atoms with Crippen LogP contribution in [0.3, 0.4) is 0 Å². The van der Waals surface area contributed by atoms with Gasteiger partial charge < -0.3 is 9.64 Å². The zero-order chi connectivity index (χ0) is 18.5. The first kappa shape index (κ1) is 18.9. The van der Waals surface area contributed by atoms with Gasteiger partial charge in [0.25, 0.3) is 0 Å². The fourth-order valence-corrected chi connectivity index (χ4v) is 3.80. The lowest BCUT2D eigenvalue weighted by Crippen LogP contribution is -2.44. The molecular weight excluding hydrogens is 372 g/mol. The molecule has 1 aliphatic rings. The molecule has 0 aliphatic carbocycles. The van der Waals surface area contributed by atoms with E-state index in [-0.39, 0.29) is 11.2 Å². The van der Waals surface area contributed by atoms with Crippen molar-refractivity contribution in [3.05, 3.63) is 41.9 Å². The van der Waals surface area contributed by atoms with Crippen molar-refractivity contribution >= 4 is 29.3 Å². The van der Waals surface area contributed by atoms with Gasteiger partial charge in [-0.25, -0.2) is 0 Å². The minimum atomic E-state index is -0.251. The van der Waals surface area contributed by atoms with E-state index in [1.165, 1.54) is 11.8 Å². The number of hydrogen-bond acceptors (Lipinski definition) is 5. The van der Waals surface area contributed by atoms with Gasteiger partial charge >= 0.3 is 0 Å². The monoisotopic (exact) mass is 392 g/mol. The number of carbonyl (C=O) groups excluding carboxylic acids is 1. The highest BCUT2D eigenvalue weighted by atomic mass is 35.5. The lowest BCUT2D eigenvalue weighted by atomic mass is 10.2. The molecule has 138 valence electrons. The number of ether oxygens (including phenoxy) is 1. The molecule has 0 radical (unpaired) electrons. The summed E-state index contributed by atoms with van der Waals surface area (Å²) >= 11 is 7.38. The van der Waals surface area contributed by atoms with Gasteiger partial charge in [0.05, 0.1) is 18.5 Å². The number of carbonyl (C=O) groups is 1. The van der Waals surface area contributed by atoms with E-state index < -0.39 is 0 Å². The highest BCUT2D eigenvalue weighted by Crippen LogP contribution is 2.28. The van der Waals surface area contributed by atoms with E-state index in [1.807, 2.05) is 40.7 Å². The van der Waals surface area contributed by atoms with E-state index in [9.17, 15) is 4.79 Å². The minimum absolute atomic E-state index is 0.0968. The van der Waals surface area contributed by atoms with Crippen LogP contribution < -0.4 is 0 Å².